The summed E-state index contributed by atoms with van der Waals surface area (Å²) in [6.45, 7) is 3.54. The van der Waals surface area contributed by atoms with Crippen molar-refractivity contribution < 1.29 is 9.84 Å². The Morgan fingerprint density at radius 3 is 3.13 bits per heavy atom. The van der Waals surface area contributed by atoms with E-state index in [2.05, 4.69) is 10.2 Å². The summed E-state index contributed by atoms with van der Waals surface area (Å²) >= 11 is 5.27. The monoisotopic (exact) mass is 232 g/mol. The van der Waals surface area contributed by atoms with Gasteiger partial charge in [0, 0.05) is 33.4 Å². The van der Waals surface area contributed by atoms with Crippen LogP contribution in [0.3, 0.4) is 0 Å². The van der Waals surface area contributed by atoms with E-state index in [9.17, 15) is 0 Å². The number of methoxy groups -OCH3 is 1. The first-order valence-corrected chi connectivity index (χ1v) is 5.81. The molecule has 1 aliphatic heterocycles. The Labute approximate surface area is 96.6 Å². The second-order valence-electron chi connectivity index (χ2n) is 3.86. The summed E-state index contributed by atoms with van der Waals surface area (Å²) in [5, 5.41) is 13.0. The maximum absolute atomic E-state index is 9.09. The van der Waals surface area contributed by atoms with Gasteiger partial charge in [-0.25, -0.2) is 0 Å². The van der Waals surface area contributed by atoms with Crippen molar-refractivity contribution in [2.45, 2.75) is 12.8 Å². The molecule has 0 unspecified atom stereocenters. The Bertz CT molecular complexity index is 202. The molecular weight excluding hydrogens is 212 g/mol. The lowest BCUT2D eigenvalue weighted by Gasteiger charge is -2.33. The molecular formula is C10H20N2O2S. The van der Waals surface area contributed by atoms with Crippen LogP contribution in [0.1, 0.15) is 12.8 Å². The third-order valence-electron chi connectivity index (χ3n) is 2.65. The molecule has 88 valence electrons. The summed E-state index contributed by atoms with van der Waals surface area (Å²) in [6, 6.07) is 0. The third-order valence-corrected chi connectivity index (χ3v) is 3.05. The van der Waals surface area contributed by atoms with E-state index in [-0.39, 0.29) is 6.61 Å². The number of hydrogen-bond acceptors (Lipinski definition) is 3. The maximum atomic E-state index is 9.09. The fraction of sp³-hybridized carbons (Fsp3) is 0.900. The van der Waals surface area contributed by atoms with Crippen LogP contribution in [0.15, 0.2) is 0 Å². The molecule has 0 aromatic carbocycles. The number of nitrogens with zero attached hydrogens (tertiary/aromatic N) is 1. The zero-order valence-electron chi connectivity index (χ0n) is 9.24. The van der Waals surface area contributed by atoms with Gasteiger partial charge in [0.15, 0.2) is 5.11 Å². The zero-order chi connectivity index (χ0) is 11.1. The molecule has 0 spiro atoms. The van der Waals surface area contributed by atoms with Crippen molar-refractivity contribution >= 4 is 17.3 Å². The van der Waals surface area contributed by atoms with Crippen LogP contribution in [0.5, 0.6) is 0 Å². The SMILES string of the molecule is COCCNC(=S)N1CCC[C@@H](CO)C1. The number of hydrogen-bond donors (Lipinski definition) is 2. The van der Waals surface area contributed by atoms with Crippen molar-refractivity contribution in [2.24, 2.45) is 5.92 Å². The predicted octanol–water partition coefficient (Wildman–Crippen LogP) is 0.212. The van der Waals surface area contributed by atoms with Crippen molar-refractivity contribution in [3.05, 3.63) is 0 Å². The number of aliphatic hydroxyl groups is 1. The lowest BCUT2D eigenvalue weighted by atomic mass is 9.99. The maximum Gasteiger partial charge on any atom is 0.169 e. The lowest BCUT2D eigenvalue weighted by Crippen LogP contribution is -2.46. The second-order valence-corrected chi connectivity index (χ2v) is 4.25. The van der Waals surface area contributed by atoms with Gasteiger partial charge in [0.1, 0.15) is 0 Å². The highest BCUT2D eigenvalue weighted by Gasteiger charge is 2.20. The minimum absolute atomic E-state index is 0.261. The largest absolute Gasteiger partial charge is 0.396 e. The van der Waals surface area contributed by atoms with E-state index >= 15 is 0 Å². The molecule has 4 nitrogen and oxygen atoms in total. The average Bonchev–Trinajstić information content (AvgIpc) is 2.29. The zero-order valence-corrected chi connectivity index (χ0v) is 10.1. The number of rotatable bonds is 4. The molecule has 1 saturated heterocycles. The lowest BCUT2D eigenvalue weighted by molar-refractivity contribution is 0.158. The third kappa shape index (κ3) is 4.32. The van der Waals surface area contributed by atoms with E-state index in [0.717, 1.165) is 37.6 Å². The van der Waals surface area contributed by atoms with Crippen LogP contribution >= 0.6 is 12.2 Å². The highest BCUT2D eigenvalue weighted by atomic mass is 32.1. The quantitative estimate of drug-likeness (QED) is 0.536. The smallest absolute Gasteiger partial charge is 0.169 e. The van der Waals surface area contributed by atoms with Crippen LogP contribution in [0.25, 0.3) is 0 Å². The molecule has 0 saturated carbocycles. The van der Waals surface area contributed by atoms with Crippen LogP contribution in [0, 0.1) is 5.92 Å². The van der Waals surface area contributed by atoms with Crippen molar-refractivity contribution in [1.29, 1.82) is 0 Å². The summed E-state index contributed by atoms with van der Waals surface area (Å²) in [6.07, 6.45) is 2.21. The van der Waals surface area contributed by atoms with E-state index in [4.69, 9.17) is 22.1 Å². The molecule has 2 N–H and O–H groups in total. The van der Waals surface area contributed by atoms with E-state index in [1.165, 1.54) is 0 Å². The van der Waals surface area contributed by atoms with Gasteiger partial charge < -0.3 is 20.1 Å². The van der Waals surface area contributed by atoms with Gasteiger partial charge in [-0.1, -0.05) is 0 Å². The van der Waals surface area contributed by atoms with E-state index < -0.39 is 0 Å². The molecule has 1 fully saturated rings. The topological polar surface area (TPSA) is 44.7 Å². The molecule has 0 radical (unpaired) electrons. The number of likely N-dealkylation sites (tertiary alicyclic amines) is 1. The first-order chi connectivity index (χ1) is 7.27. The van der Waals surface area contributed by atoms with Crippen molar-refractivity contribution in [3.8, 4) is 0 Å². The molecule has 0 aromatic rings. The van der Waals surface area contributed by atoms with Gasteiger partial charge >= 0.3 is 0 Å². The van der Waals surface area contributed by atoms with Crippen LogP contribution in [0.4, 0.5) is 0 Å². The Morgan fingerprint density at radius 1 is 1.67 bits per heavy atom. The van der Waals surface area contributed by atoms with Gasteiger partial charge in [0.2, 0.25) is 0 Å². The molecule has 0 amide bonds. The van der Waals surface area contributed by atoms with E-state index in [1.807, 2.05) is 0 Å². The number of aliphatic hydroxyl groups excluding tert-OH is 1. The minimum Gasteiger partial charge on any atom is -0.396 e. The highest BCUT2D eigenvalue weighted by molar-refractivity contribution is 7.80. The number of thiocarbonyl (C=S) groups is 1. The molecule has 1 heterocycles. The van der Waals surface area contributed by atoms with Gasteiger partial charge in [-0.15, -0.1) is 0 Å². The molecule has 15 heavy (non-hydrogen) atoms. The molecule has 1 atom stereocenters. The number of piperidine rings is 1. The summed E-state index contributed by atoms with van der Waals surface area (Å²) in [5.41, 5.74) is 0. The van der Waals surface area contributed by atoms with Gasteiger partial charge in [0.25, 0.3) is 0 Å². The van der Waals surface area contributed by atoms with Crippen LogP contribution < -0.4 is 5.32 Å². The Hall–Kier alpha value is -0.390. The van der Waals surface area contributed by atoms with E-state index in [1.54, 1.807) is 7.11 Å². The fourth-order valence-corrected chi connectivity index (χ4v) is 2.04. The number of nitrogens with one attached hydrogen (secondary N) is 1. The normalized spacial score (nSPS) is 21.5. The molecule has 5 heteroatoms. The van der Waals surface area contributed by atoms with Crippen LogP contribution in [0.2, 0.25) is 0 Å². The Kier molecular flexibility index (Phi) is 5.90. The van der Waals surface area contributed by atoms with Gasteiger partial charge in [-0.05, 0) is 31.0 Å². The fourth-order valence-electron chi connectivity index (χ4n) is 1.77. The van der Waals surface area contributed by atoms with Gasteiger partial charge in [-0.2, -0.15) is 0 Å². The highest BCUT2D eigenvalue weighted by Crippen LogP contribution is 2.15. The average molecular weight is 232 g/mol. The molecule has 0 aliphatic carbocycles. The molecule has 0 bridgehead atoms. The van der Waals surface area contributed by atoms with Gasteiger partial charge in [-0.3, -0.25) is 0 Å². The molecule has 1 rings (SSSR count). The second kappa shape index (κ2) is 6.98. The standard InChI is InChI=1S/C10H20N2O2S/c1-14-6-4-11-10(15)12-5-2-3-9(7-12)8-13/h9,13H,2-8H2,1H3,(H,11,15)/t9-/m1/s1. The number of ether oxygens (including phenoxy) is 1. The van der Waals surface area contributed by atoms with Crippen molar-refractivity contribution in [3.63, 3.8) is 0 Å². The summed E-state index contributed by atoms with van der Waals surface area (Å²) in [4.78, 5) is 2.13. The Balaban J connectivity index is 2.25. The van der Waals surface area contributed by atoms with E-state index in [0.29, 0.717) is 12.5 Å². The first-order valence-electron chi connectivity index (χ1n) is 5.40. The summed E-state index contributed by atoms with van der Waals surface area (Å²) in [7, 11) is 1.67. The summed E-state index contributed by atoms with van der Waals surface area (Å²) in [5.74, 6) is 0.376. The van der Waals surface area contributed by atoms with Crippen LogP contribution in [-0.2, 0) is 4.74 Å². The van der Waals surface area contributed by atoms with Crippen molar-refractivity contribution in [1.82, 2.24) is 10.2 Å². The minimum atomic E-state index is 0.261. The molecule has 0 aromatic heterocycles. The first kappa shape index (κ1) is 12.7. The Morgan fingerprint density at radius 2 is 2.47 bits per heavy atom. The van der Waals surface area contributed by atoms with Crippen molar-refractivity contribution in [2.75, 3.05) is 40.0 Å². The van der Waals surface area contributed by atoms with Crippen LogP contribution in [-0.4, -0.2) is 55.1 Å². The summed E-state index contributed by atoms with van der Waals surface area (Å²) < 4.78 is 4.94. The molecule has 1 aliphatic rings. The van der Waals surface area contributed by atoms with Gasteiger partial charge in [0.05, 0.1) is 6.61 Å². The predicted molar refractivity (Wildman–Crippen MR) is 63.9 cm³/mol.